The summed E-state index contributed by atoms with van der Waals surface area (Å²) in [5.74, 6) is 0. The van der Waals surface area contributed by atoms with Crippen LogP contribution in [0.15, 0.2) is 35.3 Å². The van der Waals surface area contributed by atoms with Crippen LogP contribution in [0.4, 0.5) is 0 Å². The quantitative estimate of drug-likeness (QED) is 0.759. The maximum absolute atomic E-state index is 11.2. The number of rotatable bonds is 5. The van der Waals surface area contributed by atoms with E-state index in [1.807, 2.05) is 18.2 Å². The molecule has 1 aliphatic rings. The Bertz CT molecular complexity index is 479. The summed E-state index contributed by atoms with van der Waals surface area (Å²) in [7, 11) is 0. The summed E-state index contributed by atoms with van der Waals surface area (Å²) in [5, 5.41) is 0. The monoisotopic (exact) mass is 297 g/mol. The predicted molar refractivity (Wildman–Crippen MR) is 86.5 cm³/mol. The van der Waals surface area contributed by atoms with E-state index < -0.39 is 16.6 Å². The molecule has 1 rings (SSSR count). The van der Waals surface area contributed by atoms with Gasteiger partial charge in [0.05, 0.1) is 4.91 Å². The molecule has 0 aromatic carbocycles. The van der Waals surface area contributed by atoms with Gasteiger partial charge in [0.15, 0.2) is 11.1 Å². The van der Waals surface area contributed by atoms with Gasteiger partial charge in [-0.25, -0.2) is 4.21 Å². The van der Waals surface area contributed by atoms with Crippen molar-refractivity contribution < 1.29 is 8.76 Å². The molecule has 3 atom stereocenters. The van der Waals surface area contributed by atoms with Gasteiger partial charge < -0.3 is 10.3 Å². The first-order valence-corrected chi connectivity index (χ1v) is 8.22. The highest BCUT2D eigenvalue weighted by atomic mass is 32.2. The smallest absolute Gasteiger partial charge is 0.186 e. The van der Waals surface area contributed by atoms with Crippen molar-refractivity contribution in [1.29, 1.82) is 0 Å². The van der Waals surface area contributed by atoms with Gasteiger partial charge in [0, 0.05) is 11.0 Å². The van der Waals surface area contributed by atoms with E-state index >= 15 is 0 Å². The molecule has 0 saturated carbocycles. The van der Waals surface area contributed by atoms with E-state index in [1.54, 1.807) is 12.2 Å². The minimum absolute atomic E-state index is 0.0476. The summed E-state index contributed by atoms with van der Waals surface area (Å²) >= 11 is -1.97. The summed E-state index contributed by atoms with van der Waals surface area (Å²) < 4.78 is 20.4. The fourth-order valence-electron chi connectivity index (χ4n) is 3.03. The molecule has 3 N–H and O–H groups in total. The van der Waals surface area contributed by atoms with Crippen molar-refractivity contribution in [2.45, 2.75) is 53.0 Å². The molecular weight excluding hydrogens is 270 g/mol. The van der Waals surface area contributed by atoms with Gasteiger partial charge in [-0.1, -0.05) is 52.8 Å². The zero-order valence-corrected chi connectivity index (χ0v) is 14.0. The summed E-state index contributed by atoms with van der Waals surface area (Å²) in [6, 6.07) is 0. The van der Waals surface area contributed by atoms with Crippen molar-refractivity contribution in [3.05, 3.63) is 35.3 Å². The minimum atomic E-state index is -1.97. The molecule has 20 heavy (non-hydrogen) atoms. The number of allylic oxidation sites excluding steroid dienone is 3. The molecule has 0 aliphatic heterocycles. The van der Waals surface area contributed by atoms with Crippen molar-refractivity contribution >= 4 is 11.1 Å². The molecule has 1 aliphatic carbocycles. The lowest BCUT2D eigenvalue weighted by Gasteiger charge is -2.52. The Morgan fingerprint density at radius 1 is 1.30 bits per heavy atom. The molecule has 114 valence electrons. The lowest BCUT2D eigenvalue weighted by atomic mass is 9.56. The highest BCUT2D eigenvalue weighted by Gasteiger charge is 2.50. The van der Waals surface area contributed by atoms with E-state index in [2.05, 4.69) is 34.6 Å². The van der Waals surface area contributed by atoms with Gasteiger partial charge >= 0.3 is 0 Å². The third-order valence-electron chi connectivity index (χ3n) is 5.11. The van der Waals surface area contributed by atoms with E-state index in [0.717, 1.165) is 12.8 Å². The van der Waals surface area contributed by atoms with Gasteiger partial charge in [0.25, 0.3) is 0 Å². The van der Waals surface area contributed by atoms with E-state index in [-0.39, 0.29) is 10.8 Å². The summed E-state index contributed by atoms with van der Waals surface area (Å²) in [6.07, 6.45) is 11.1. The molecule has 0 fully saturated rings. The Morgan fingerprint density at radius 3 is 2.35 bits per heavy atom. The predicted octanol–water partition coefficient (Wildman–Crippen LogP) is 3.77. The number of nitrogens with two attached hydrogens (primary N) is 1. The second-order valence-corrected chi connectivity index (χ2v) is 7.33. The SMILES string of the molecule is CCC(C)(C)C(N)(CC)C1(C)C=CC=C(S(=O)O)C=C1. The van der Waals surface area contributed by atoms with Gasteiger partial charge in [0.2, 0.25) is 0 Å². The maximum Gasteiger partial charge on any atom is 0.186 e. The molecule has 0 heterocycles. The molecule has 0 saturated heterocycles. The highest BCUT2D eigenvalue weighted by molar-refractivity contribution is 7.83. The molecular formula is C16H27NO2S. The minimum Gasteiger partial charge on any atom is -0.324 e. The van der Waals surface area contributed by atoms with Crippen molar-refractivity contribution in [2.24, 2.45) is 16.6 Å². The van der Waals surface area contributed by atoms with Gasteiger partial charge in [-0.2, -0.15) is 0 Å². The first-order chi connectivity index (χ1) is 9.13. The fraction of sp³-hybridized carbons (Fsp3) is 0.625. The normalized spacial score (nSPS) is 27.6. The zero-order chi connectivity index (χ0) is 15.6. The van der Waals surface area contributed by atoms with Gasteiger partial charge in [-0.3, -0.25) is 0 Å². The standard InChI is InChI=1S/C16H27NO2S/c1-6-14(3,4)16(17,7-2)15(5)11-8-9-13(10-12-15)20(18)19/h8-12H,6-7,17H2,1-5H3,(H,18,19). The summed E-state index contributed by atoms with van der Waals surface area (Å²) in [6.45, 7) is 10.7. The van der Waals surface area contributed by atoms with Crippen LogP contribution in [0.25, 0.3) is 0 Å². The first kappa shape index (κ1) is 17.3. The number of hydrogen-bond donors (Lipinski definition) is 2. The zero-order valence-electron chi connectivity index (χ0n) is 13.1. The average Bonchev–Trinajstić information content (AvgIpc) is 2.60. The molecule has 0 radical (unpaired) electrons. The first-order valence-electron chi connectivity index (χ1n) is 7.12. The lowest BCUT2D eigenvalue weighted by Crippen LogP contribution is -2.61. The van der Waals surface area contributed by atoms with Crippen LogP contribution in [-0.4, -0.2) is 14.3 Å². The van der Waals surface area contributed by atoms with E-state index in [4.69, 9.17) is 5.73 Å². The maximum atomic E-state index is 11.2. The van der Waals surface area contributed by atoms with Gasteiger partial charge in [0.1, 0.15) is 0 Å². The fourth-order valence-corrected chi connectivity index (χ4v) is 3.41. The lowest BCUT2D eigenvalue weighted by molar-refractivity contribution is 0.0742. The Labute approximate surface area is 125 Å². The van der Waals surface area contributed by atoms with Crippen LogP contribution in [0.3, 0.4) is 0 Å². The molecule has 0 spiro atoms. The largest absolute Gasteiger partial charge is 0.324 e. The molecule has 0 amide bonds. The highest BCUT2D eigenvalue weighted by Crippen LogP contribution is 2.49. The second kappa shape index (κ2) is 5.96. The molecule has 3 unspecified atom stereocenters. The Morgan fingerprint density at radius 2 is 1.90 bits per heavy atom. The van der Waals surface area contributed by atoms with Crippen LogP contribution in [0.5, 0.6) is 0 Å². The Kier molecular flexibility index (Phi) is 5.17. The molecule has 0 aromatic rings. The van der Waals surface area contributed by atoms with Crippen LogP contribution < -0.4 is 5.73 Å². The third-order valence-corrected chi connectivity index (χ3v) is 5.78. The third kappa shape index (κ3) is 2.83. The van der Waals surface area contributed by atoms with Crippen LogP contribution >= 0.6 is 0 Å². The average molecular weight is 297 g/mol. The topological polar surface area (TPSA) is 63.3 Å². The van der Waals surface area contributed by atoms with E-state index in [1.165, 1.54) is 0 Å². The second-order valence-electron chi connectivity index (χ2n) is 6.36. The Balaban J connectivity index is 3.30. The number of hydrogen-bond acceptors (Lipinski definition) is 2. The van der Waals surface area contributed by atoms with Crippen molar-refractivity contribution in [1.82, 2.24) is 0 Å². The van der Waals surface area contributed by atoms with Crippen LogP contribution in [0.1, 0.15) is 47.5 Å². The van der Waals surface area contributed by atoms with Gasteiger partial charge in [-0.15, -0.1) is 0 Å². The van der Waals surface area contributed by atoms with Crippen molar-refractivity contribution in [3.8, 4) is 0 Å². The van der Waals surface area contributed by atoms with E-state index in [9.17, 15) is 8.76 Å². The van der Waals surface area contributed by atoms with Gasteiger partial charge in [-0.05, 0) is 30.4 Å². The Hall–Kier alpha value is -0.710. The van der Waals surface area contributed by atoms with Crippen molar-refractivity contribution in [2.75, 3.05) is 0 Å². The van der Waals surface area contributed by atoms with Crippen LogP contribution in [-0.2, 0) is 11.1 Å². The molecule has 4 heteroatoms. The van der Waals surface area contributed by atoms with E-state index in [0.29, 0.717) is 4.91 Å². The summed E-state index contributed by atoms with van der Waals surface area (Å²) in [4.78, 5) is 0.401. The van der Waals surface area contributed by atoms with Crippen LogP contribution in [0.2, 0.25) is 0 Å². The van der Waals surface area contributed by atoms with Crippen LogP contribution in [0, 0.1) is 10.8 Å². The summed E-state index contributed by atoms with van der Waals surface area (Å²) in [5.41, 5.74) is 5.98. The molecule has 3 nitrogen and oxygen atoms in total. The van der Waals surface area contributed by atoms with Crippen molar-refractivity contribution in [3.63, 3.8) is 0 Å². The molecule has 0 bridgehead atoms. The molecule has 0 aromatic heterocycles.